The molecule has 0 spiro atoms. The van der Waals surface area contributed by atoms with Crippen LogP contribution in [-0.4, -0.2) is 19.7 Å². The monoisotopic (exact) mass is 120 g/mol. The molecule has 0 rings (SSSR count). The van der Waals surface area contributed by atoms with Gasteiger partial charge in [-0.25, -0.2) is 4.76 Å². The molecule has 0 saturated carbocycles. The average Bonchev–Trinajstić information content (AvgIpc) is 1.30. The van der Waals surface area contributed by atoms with Crippen LogP contribution < -0.4 is 5.73 Å². The Morgan fingerprint density at radius 3 is 2.14 bits per heavy atom. The Hall–Kier alpha value is -0.300. The van der Waals surface area contributed by atoms with Gasteiger partial charge in [0.2, 0.25) is 0 Å². The van der Waals surface area contributed by atoms with Crippen LogP contribution in [0.15, 0.2) is 4.76 Å². The fourth-order valence-electron chi connectivity index (χ4n) is 0.161. The van der Waals surface area contributed by atoms with E-state index in [1.165, 1.54) is 0 Å². The zero-order valence-corrected chi connectivity index (χ0v) is 5.35. The lowest BCUT2D eigenvalue weighted by Crippen LogP contribution is -1.86. The first-order valence-electron chi connectivity index (χ1n) is 1.87. The summed E-state index contributed by atoms with van der Waals surface area (Å²) >= 11 is 0. The van der Waals surface area contributed by atoms with E-state index >= 15 is 0 Å². The van der Waals surface area contributed by atoms with Crippen molar-refractivity contribution < 1.29 is 4.57 Å². The van der Waals surface area contributed by atoms with Gasteiger partial charge in [-0.15, -0.1) is 0 Å². The van der Waals surface area contributed by atoms with Crippen LogP contribution in [0.2, 0.25) is 0 Å². The van der Waals surface area contributed by atoms with Gasteiger partial charge in [-0.1, -0.05) is 0 Å². The molecule has 7 heavy (non-hydrogen) atoms. The molecule has 0 fully saturated rings. The van der Waals surface area contributed by atoms with E-state index < -0.39 is 7.29 Å². The van der Waals surface area contributed by atoms with Crippen molar-refractivity contribution in [3.8, 4) is 0 Å². The summed E-state index contributed by atoms with van der Waals surface area (Å²) in [6.07, 6.45) is 1.07. The maximum Gasteiger partial charge on any atom is 0.185 e. The first-order chi connectivity index (χ1) is 3.06. The summed E-state index contributed by atoms with van der Waals surface area (Å²) in [5.74, 6) is 0. The van der Waals surface area contributed by atoms with Crippen LogP contribution in [0.5, 0.6) is 0 Å². The summed E-state index contributed by atoms with van der Waals surface area (Å²) in [4.78, 5) is 0. The Morgan fingerprint density at radius 2 is 2.14 bits per heavy atom. The molecule has 0 saturated heterocycles. The van der Waals surface area contributed by atoms with E-state index in [0.717, 1.165) is 6.34 Å². The van der Waals surface area contributed by atoms with Gasteiger partial charge >= 0.3 is 0 Å². The highest BCUT2D eigenvalue weighted by atomic mass is 31.2. The highest BCUT2D eigenvalue weighted by molar-refractivity contribution is 7.61. The van der Waals surface area contributed by atoms with Gasteiger partial charge in [0, 0.05) is 13.3 Å². The first-order valence-corrected chi connectivity index (χ1v) is 4.42. The predicted octanol–water partition coefficient (Wildman–Crippen LogP) is 0.511. The van der Waals surface area contributed by atoms with Crippen LogP contribution in [0.3, 0.4) is 0 Å². The molecule has 0 atom stereocenters. The fraction of sp³-hybridized carbons (Fsp3) is 0.667. The Balaban J connectivity index is 3.82. The molecule has 0 heterocycles. The quantitative estimate of drug-likeness (QED) is 0.311. The van der Waals surface area contributed by atoms with Crippen molar-refractivity contribution in [3.63, 3.8) is 0 Å². The number of hydrogen-bond acceptors (Lipinski definition) is 1. The van der Waals surface area contributed by atoms with Gasteiger partial charge in [-0.3, -0.25) is 4.57 Å². The lowest BCUT2D eigenvalue weighted by molar-refractivity contribution is 0.583. The number of nitrogens with zero attached hydrogens (tertiary/aromatic N) is 1. The summed E-state index contributed by atoms with van der Waals surface area (Å²) in [6.45, 7) is 3.10. The van der Waals surface area contributed by atoms with Crippen LogP contribution in [0.4, 0.5) is 0 Å². The lowest BCUT2D eigenvalue weighted by Gasteiger charge is -1.91. The molecule has 3 nitrogen and oxygen atoms in total. The molecule has 0 amide bonds. The number of hydrogen-bond donors (Lipinski definition) is 1. The SMILES string of the molecule is CP(C)(=O)N=CN. The second-order valence-electron chi connectivity index (χ2n) is 1.56. The topological polar surface area (TPSA) is 55.5 Å². The maximum atomic E-state index is 10.5. The smallest absolute Gasteiger partial charge is 0.185 e. The standard InChI is InChI=1S/C3H9N2OP/c1-7(2,6)5-3-4/h3H,1-2H3,(H2,4,5,6). The average molecular weight is 120 g/mol. The third-order valence-corrected chi connectivity index (χ3v) is 1.03. The van der Waals surface area contributed by atoms with Crippen molar-refractivity contribution in [2.45, 2.75) is 0 Å². The van der Waals surface area contributed by atoms with Gasteiger partial charge < -0.3 is 5.73 Å². The molecule has 0 bridgehead atoms. The molecule has 0 radical (unpaired) electrons. The van der Waals surface area contributed by atoms with Gasteiger partial charge in [-0.05, 0) is 0 Å². The van der Waals surface area contributed by atoms with E-state index in [1.807, 2.05) is 0 Å². The minimum absolute atomic E-state index is 1.07. The zero-order chi connectivity index (χ0) is 5.91. The lowest BCUT2D eigenvalue weighted by atomic mass is 11.4. The summed E-state index contributed by atoms with van der Waals surface area (Å²) in [5.41, 5.74) is 4.85. The molecular formula is C3H9N2OP. The number of nitrogens with two attached hydrogens (primary N) is 1. The summed E-state index contributed by atoms with van der Waals surface area (Å²) < 4.78 is 14.0. The normalized spacial score (nSPS) is 12.9. The Bertz CT molecular complexity index is 114. The van der Waals surface area contributed by atoms with Crippen molar-refractivity contribution in [1.82, 2.24) is 0 Å². The Kier molecular flexibility index (Phi) is 2.03. The van der Waals surface area contributed by atoms with Gasteiger partial charge in [-0.2, -0.15) is 0 Å². The zero-order valence-electron chi connectivity index (χ0n) is 4.46. The van der Waals surface area contributed by atoms with E-state index in [4.69, 9.17) is 5.73 Å². The largest absolute Gasteiger partial charge is 0.390 e. The molecule has 0 aliphatic rings. The van der Waals surface area contributed by atoms with Crippen molar-refractivity contribution in [1.29, 1.82) is 0 Å². The molecule has 42 valence electrons. The minimum Gasteiger partial charge on any atom is -0.390 e. The van der Waals surface area contributed by atoms with Crippen LogP contribution in [-0.2, 0) is 4.57 Å². The van der Waals surface area contributed by atoms with Gasteiger partial charge in [0.05, 0.1) is 6.34 Å². The first kappa shape index (κ1) is 6.70. The maximum absolute atomic E-state index is 10.5. The molecule has 0 aromatic heterocycles. The molecule has 0 aliphatic carbocycles. The Labute approximate surface area is 43.1 Å². The third kappa shape index (κ3) is 5.70. The van der Waals surface area contributed by atoms with Gasteiger partial charge in [0.1, 0.15) is 0 Å². The summed E-state index contributed by atoms with van der Waals surface area (Å²) in [5, 5.41) is 0. The third-order valence-electron chi connectivity index (χ3n) is 0.345. The Morgan fingerprint density at radius 1 is 1.71 bits per heavy atom. The van der Waals surface area contributed by atoms with E-state index in [0.29, 0.717) is 0 Å². The second-order valence-corrected chi connectivity index (χ2v) is 4.38. The molecule has 0 aromatic carbocycles. The van der Waals surface area contributed by atoms with E-state index in [9.17, 15) is 4.57 Å². The highest BCUT2D eigenvalue weighted by Gasteiger charge is 1.97. The summed E-state index contributed by atoms with van der Waals surface area (Å²) in [6, 6.07) is 0. The van der Waals surface area contributed by atoms with Crippen LogP contribution >= 0.6 is 7.29 Å². The fourth-order valence-corrected chi connectivity index (χ4v) is 0.482. The van der Waals surface area contributed by atoms with Crippen LogP contribution in [0, 0.1) is 0 Å². The minimum atomic E-state index is -2.22. The van der Waals surface area contributed by atoms with E-state index in [1.54, 1.807) is 13.3 Å². The molecule has 2 N–H and O–H groups in total. The van der Waals surface area contributed by atoms with E-state index in [2.05, 4.69) is 4.76 Å². The summed E-state index contributed by atoms with van der Waals surface area (Å²) in [7, 11) is -2.22. The van der Waals surface area contributed by atoms with Crippen molar-refractivity contribution in [2.75, 3.05) is 13.3 Å². The van der Waals surface area contributed by atoms with Crippen molar-refractivity contribution in [3.05, 3.63) is 0 Å². The molecule has 0 aliphatic heterocycles. The van der Waals surface area contributed by atoms with Gasteiger partial charge in [0.15, 0.2) is 7.29 Å². The van der Waals surface area contributed by atoms with Crippen molar-refractivity contribution >= 4 is 13.6 Å². The highest BCUT2D eigenvalue weighted by Crippen LogP contribution is 2.36. The number of rotatable bonds is 1. The molecule has 0 unspecified atom stereocenters. The van der Waals surface area contributed by atoms with Crippen LogP contribution in [0.1, 0.15) is 0 Å². The molecular weight excluding hydrogens is 111 g/mol. The molecule has 0 aromatic rings. The van der Waals surface area contributed by atoms with Gasteiger partial charge in [0.25, 0.3) is 0 Å². The predicted molar refractivity (Wildman–Crippen MR) is 32.1 cm³/mol. The van der Waals surface area contributed by atoms with Crippen molar-refractivity contribution in [2.24, 2.45) is 10.5 Å². The van der Waals surface area contributed by atoms with Crippen LogP contribution in [0.25, 0.3) is 0 Å². The molecule has 4 heteroatoms. The second kappa shape index (κ2) is 2.12. The van der Waals surface area contributed by atoms with E-state index in [-0.39, 0.29) is 0 Å².